The van der Waals surface area contributed by atoms with Gasteiger partial charge in [-0.1, -0.05) is 25.6 Å². The fourth-order valence-electron chi connectivity index (χ4n) is 1.17. The van der Waals surface area contributed by atoms with E-state index in [9.17, 15) is 4.79 Å². The average Bonchev–Trinajstić information content (AvgIpc) is 2.26. The van der Waals surface area contributed by atoms with E-state index in [0.29, 0.717) is 17.9 Å². The minimum atomic E-state index is 0.0210. The summed E-state index contributed by atoms with van der Waals surface area (Å²) in [5.74, 6) is 0.660. The summed E-state index contributed by atoms with van der Waals surface area (Å²) in [4.78, 5) is 11.3. The lowest BCUT2D eigenvalue weighted by Crippen LogP contribution is -2.03. The Morgan fingerprint density at radius 3 is 2.67 bits per heavy atom. The van der Waals surface area contributed by atoms with Crippen LogP contribution >= 0.6 is 0 Å². The number of hydrogen-bond donors (Lipinski definition) is 0. The van der Waals surface area contributed by atoms with E-state index >= 15 is 0 Å². The lowest BCUT2D eigenvalue weighted by molar-refractivity contribution is 0.101. The van der Waals surface area contributed by atoms with Crippen LogP contribution in [0.15, 0.2) is 36.4 Å². The summed E-state index contributed by atoms with van der Waals surface area (Å²) in [5.41, 5.74) is 1.65. The minimum absolute atomic E-state index is 0.0210. The van der Waals surface area contributed by atoms with Crippen molar-refractivity contribution in [1.82, 2.24) is 0 Å². The molecule has 0 aromatic heterocycles. The topological polar surface area (TPSA) is 26.3 Å². The molecular formula is C13H16O2. The molecule has 0 amide bonds. The Morgan fingerprint density at radius 1 is 1.40 bits per heavy atom. The highest BCUT2D eigenvalue weighted by molar-refractivity contribution is 5.96. The summed E-state index contributed by atoms with van der Waals surface area (Å²) in [7, 11) is 0. The van der Waals surface area contributed by atoms with E-state index in [1.807, 2.05) is 19.1 Å². The van der Waals surface area contributed by atoms with Crippen molar-refractivity contribution in [2.45, 2.75) is 20.3 Å². The Labute approximate surface area is 90.6 Å². The zero-order chi connectivity index (χ0) is 11.3. The van der Waals surface area contributed by atoms with E-state index in [4.69, 9.17) is 4.74 Å². The standard InChI is InChI=1S/C13H16O2/c1-4-10(2)9-15-13-8-6-5-7-12(13)11(3)14/h5-8H,2,4,9H2,1,3H3. The van der Waals surface area contributed by atoms with Crippen LogP contribution in [0.5, 0.6) is 5.75 Å². The number of hydrogen-bond acceptors (Lipinski definition) is 2. The molecule has 0 atom stereocenters. The number of ether oxygens (including phenoxy) is 1. The molecule has 0 spiro atoms. The second kappa shape index (κ2) is 5.35. The normalized spacial score (nSPS) is 9.73. The number of carbonyl (C=O) groups excluding carboxylic acids is 1. The van der Waals surface area contributed by atoms with Crippen LogP contribution in [0.2, 0.25) is 0 Å². The molecule has 15 heavy (non-hydrogen) atoms. The molecule has 2 heteroatoms. The highest BCUT2D eigenvalue weighted by Crippen LogP contribution is 2.19. The van der Waals surface area contributed by atoms with Crippen LogP contribution in [0.3, 0.4) is 0 Å². The Bertz CT molecular complexity index is 367. The summed E-state index contributed by atoms with van der Waals surface area (Å²) in [5, 5.41) is 0. The first-order valence-corrected chi connectivity index (χ1v) is 5.04. The van der Waals surface area contributed by atoms with E-state index in [1.165, 1.54) is 6.92 Å². The molecule has 0 heterocycles. The van der Waals surface area contributed by atoms with Crippen LogP contribution in [0.25, 0.3) is 0 Å². The van der Waals surface area contributed by atoms with Gasteiger partial charge in [-0.15, -0.1) is 0 Å². The van der Waals surface area contributed by atoms with Gasteiger partial charge >= 0.3 is 0 Å². The van der Waals surface area contributed by atoms with Crippen molar-refractivity contribution < 1.29 is 9.53 Å². The minimum Gasteiger partial charge on any atom is -0.489 e. The lowest BCUT2D eigenvalue weighted by atomic mass is 10.1. The molecule has 0 saturated heterocycles. The number of benzene rings is 1. The second-order valence-electron chi connectivity index (χ2n) is 3.44. The van der Waals surface area contributed by atoms with Crippen molar-refractivity contribution in [3.05, 3.63) is 42.0 Å². The summed E-state index contributed by atoms with van der Waals surface area (Å²) in [6.45, 7) is 7.89. The Hall–Kier alpha value is -1.57. The fraction of sp³-hybridized carbons (Fsp3) is 0.308. The predicted molar refractivity (Wildman–Crippen MR) is 61.4 cm³/mol. The maximum absolute atomic E-state index is 11.3. The number of ketones is 1. The van der Waals surface area contributed by atoms with E-state index in [1.54, 1.807) is 12.1 Å². The molecular weight excluding hydrogens is 188 g/mol. The van der Waals surface area contributed by atoms with Crippen molar-refractivity contribution in [2.75, 3.05) is 6.61 Å². The van der Waals surface area contributed by atoms with Crippen LogP contribution in [0.4, 0.5) is 0 Å². The lowest BCUT2D eigenvalue weighted by Gasteiger charge is -2.09. The quantitative estimate of drug-likeness (QED) is 0.543. The van der Waals surface area contributed by atoms with Crippen LogP contribution in [0, 0.1) is 0 Å². The first-order chi connectivity index (χ1) is 7.15. The van der Waals surface area contributed by atoms with Gasteiger partial charge in [0.05, 0.1) is 5.56 Å². The molecule has 0 bridgehead atoms. The SMILES string of the molecule is C=C(CC)COc1ccccc1C(C)=O. The van der Waals surface area contributed by atoms with Crippen LogP contribution in [0.1, 0.15) is 30.6 Å². The van der Waals surface area contributed by atoms with Gasteiger partial charge in [-0.2, -0.15) is 0 Å². The molecule has 2 nitrogen and oxygen atoms in total. The first kappa shape index (κ1) is 11.5. The molecule has 1 aromatic carbocycles. The Morgan fingerprint density at radius 2 is 2.07 bits per heavy atom. The van der Waals surface area contributed by atoms with Gasteiger partial charge in [0, 0.05) is 0 Å². The van der Waals surface area contributed by atoms with Gasteiger partial charge in [0.15, 0.2) is 5.78 Å². The summed E-state index contributed by atoms with van der Waals surface area (Å²) < 4.78 is 5.53. The molecule has 1 aromatic rings. The van der Waals surface area contributed by atoms with E-state index in [2.05, 4.69) is 6.58 Å². The molecule has 0 aliphatic rings. The van der Waals surface area contributed by atoms with Crippen LogP contribution in [-0.2, 0) is 0 Å². The molecule has 0 aliphatic carbocycles. The molecule has 80 valence electrons. The van der Waals surface area contributed by atoms with E-state index < -0.39 is 0 Å². The van der Waals surface area contributed by atoms with E-state index in [0.717, 1.165) is 12.0 Å². The third-order valence-electron chi connectivity index (χ3n) is 2.20. The average molecular weight is 204 g/mol. The van der Waals surface area contributed by atoms with Gasteiger partial charge < -0.3 is 4.74 Å². The Kier molecular flexibility index (Phi) is 4.10. The number of para-hydroxylation sites is 1. The van der Waals surface area contributed by atoms with Gasteiger partial charge in [0.2, 0.25) is 0 Å². The maximum Gasteiger partial charge on any atom is 0.163 e. The Balaban J connectivity index is 2.76. The fourth-order valence-corrected chi connectivity index (χ4v) is 1.17. The third kappa shape index (κ3) is 3.24. The van der Waals surface area contributed by atoms with Crippen LogP contribution < -0.4 is 4.74 Å². The van der Waals surface area contributed by atoms with Crippen LogP contribution in [-0.4, -0.2) is 12.4 Å². The first-order valence-electron chi connectivity index (χ1n) is 5.04. The number of carbonyl (C=O) groups is 1. The molecule has 1 rings (SSSR count). The van der Waals surface area contributed by atoms with Gasteiger partial charge in [0.1, 0.15) is 12.4 Å². The van der Waals surface area contributed by atoms with Gasteiger partial charge in [-0.05, 0) is 31.1 Å². The number of rotatable bonds is 5. The summed E-state index contributed by atoms with van der Waals surface area (Å²) in [6, 6.07) is 7.26. The molecule has 0 aliphatic heterocycles. The van der Waals surface area contributed by atoms with Crippen molar-refractivity contribution in [3.8, 4) is 5.75 Å². The summed E-state index contributed by atoms with van der Waals surface area (Å²) >= 11 is 0. The molecule has 0 N–H and O–H groups in total. The molecule has 0 fully saturated rings. The molecule has 0 radical (unpaired) electrons. The van der Waals surface area contributed by atoms with Crippen molar-refractivity contribution in [3.63, 3.8) is 0 Å². The molecule has 0 saturated carbocycles. The van der Waals surface area contributed by atoms with Gasteiger partial charge in [-0.25, -0.2) is 0 Å². The van der Waals surface area contributed by atoms with Crippen molar-refractivity contribution in [2.24, 2.45) is 0 Å². The van der Waals surface area contributed by atoms with Crippen molar-refractivity contribution in [1.29, 1.82) is 0 Å². The smallest absolute Gasteiger partial charge is 0.163 e. The third-order valence-corrected chi connectivity index (χ3v) is 2.20. The summed E-state index contributed by atoms with van der Waals surface area (Å²) in [6.07, 6.45) is 0.891. The highest BCUT2D eigenvalue weighted by atomic mass is 16.5. The predicted octanol–water partition coefficient (Wildman–Crippen LogP) is 3.23. The maximum atomic E-state index is 11.3. The molecule has 0 unspecified atom stereocenters. The number of Topliss-reactive ketones (excluding diaryl/α,β-unsaturated/α-hetero) is 1. The highest BCUT2D eigenvalue weighted by Gasteiger charge is 2.06. The van der Waals surface area contributed by atoms with Gasteiger partial charge in [-0.3, -0.25) is 4.79 Å². The largest absolute Gasteiger partial charge is 0.489 e. The zero-order valence-electron chi connectivity index (χ0n) is 9.25. The van der Waals surface area contributed by atoms with Gasteiger partial charge in [0.25, 0.3) is 0 Å². The zero-order valence-corrected chi connectivity index (χ0v) is 9.25. The van der Waals surface area contributed by atoms with Crippen molar-refractivity contribution >= 4 is 5.78 Å². The van der Waals surface area contributed by atoms with E-state index in [-0.39, 0.29) is 5.78 Å². The monoisotopic (exact) mass is 204 g/mol. The second-order valence-corrected chi connectivity index (χ2v) is 3.44.